The number of hydrogen-bond donors (Lipinski definition) is 2. The molecule has 1 aliphatic heterocycles. The summed E-state index contributed by atoms with van der Waals surface area (Å²) in [5.74, 6) is 1.49. The molecule has 2 N–H and O–H groups in total. The molecular weight excluding hydrogens is 260 g/mol. The summed E-state index contributed by atoms with van der Waals surface area (Å²) in [5, 5.41) is 6.52. The maximum atomic E-state index is 12.0. The first-order chi connectivity index (χ1) is 10.3. The van der Waals surface area contributed by atoms with Crippen LogP contribution < -0.4 is 10.6 Å². The number of amides is 1. The summed E-state index contributed by atoms with van der Waals surface area (Å²) in [6, 6.07) is 8.65. The summed E-state index contributed by atoms with van der Waals surface area (Å²) in [5.41, 5.74) is 2.91. The predicted octanol–water partition coefficient (Wildman–Crippen LogP) is 2.61. The average molecular weight is 286 g/mol. The van der Waals surface area contributed by atoms with Gasteiger partial charge in [0.15, 0.2) is 0 Å². The Labute approximate surface area is 127 Å². The molecule has 1 saturated heterocycles. The Kier molecular flexibility index (Phi) is 4.91. The second-order valence-corrected chi connectivity index (χ2v) is 6.47. The highest BCUT2D eigenvalue weighted by atomic mass is 16.1. The molecule has 2 aliphatic rings. The fourth-order valence-corrected chi connectivity index (χ4v) is 3.69. The number of rotatable bonds is 5. The third-order valence-electron chi connectivity index (χ3n) is 5.04. The minimum Gasteiger partial charge on any atom is -0.355 e. The molecule has 1 heterocycles. The van der Waals surface area contributed by atoms with Crippen LogP contribution in [-0.2, 0) is 11.2 Å². The second kappa shape index (κ2) is 7.08. The predicted molar refractivity (Wildman–Crippen MR) is 85.3 cm³/mol. The van der Waals surface area contributed by atoms with E-state index < -0.39 is 0 Å². The third-order valence-corrected chi connectivity index (χ3v) is 5.04. The Hall–Kier alpha value is -1.35. The second-order valence-electron chi connectivity index (χ2n) is 6.47. The van der Waals surface area contributed by atoms with Crippen molar-refractivity contribution in [3.8, 4) is 0 Å². The number of fused-ring (bicyclic) bond motifs is 1. The van der Waals surface area contributed by atoms with Gasteiger partial charge in [0.2, 0.25) is 5.91 Å². The van der Waals surface area contributed by atoms with E-state index in [4.69, 9.17) is 0 Å². The van der Waals surface area contributed by atoms with Gasteiger partial charge >= 0.3 is 0 Å². The molecule has 3 nitrogen and oxygen atoms in total. The van der Waals surface area contributed by atoms with E-state index >= 15 is 0 Å². The average Bonchev–Trinajstić information content (AvgIpc) is 2.95. The van der Waals surface area contributed by atoms with Crippen molar-refractivity contribution in [2.45, 2.75) is 44.4 Å². The van der Waals surface area contributed by atoms with Crippen molar-refractivity contribution in [3.63, 3.8) is 0 Å². The van der Waals surface area contributed by atoms with E-state index in [-0.39, 0.29) is 5.91 Å². The Balaban J connectivity index is 1.40. The van der Waals surface area contributed by atoms with Gasteiger partial charge in [0, 0.05) is 18.9 Å². The molecular formula is C18H26N2O. The lowest BCUT2D eigenvalue weighted by Gasteiger charge is -2.22. The van der Waals surface area contributed by atoms with Crippen LogP contribution in [0.15, 0.2) is 24.3 Å². The smallest absolute Gasteiger partial charge is 0.220 e. The van der Waals surface area contributed by atoms with Crippen molar-refractivity contribution in [2.24, 2.45) is 5.92 Å². The van der Waals surface area contributed by atoms with Crippen LogP contribution in [0.2, 0.25) is 0 Å². The molecule has 1 aliphatic carbocycles. The van der Waals surface area contributed by atoms with Gasteiger partial charge in [0.1, 0.15) is 0 Å². The van der Waals surface area contributed by atoms with Crippen LogP contribution in [0, 0.1) is 5.92 Å². The zero-order valence-corrected chi connectivity index (χ0v) is 12.7. The Morgan fingerprint density at radius 1 is 1.19 bits per heavy atom. The minimum atomic E-state index is 0.234. The molecule has 114 valence electrons. The number of piperidine rings is 1. The van der Waals surface area contributed by atoms with Crippen molar-refractivity contribution < 1.29 is 4.79 Å². The van der Waals surface area contributed by atoms with Crippen molar-refractivity contribution in [1.82, 2.24) is 10.6 Å². The van der Waals surface area contributed by atoms with Crippen LogP contribution >= 0.6 is 0 Å². The van der Waals surface area contributed by atoms with Gasteiger partial charge in [0.25, 0.3) is 0 Å². The van der Waals surface area contributed by atoms with Gasteiger partial charge in [-0.1, -0.05) is 24.3 Å². The van der Waals surface area contributed by atoms with Gasteiger partial charge in [-0.05, 0) is 62.2 Å². The lowest BCUT2D eigenvalue weighted by atomic mass is 9.93. The molecule has 0 saturated carbocycles. The van der Waals surface area contributed by atoms with Gasteiger partial charge in [0.05, 0.1) is 0 Å². The summed E-state index contributed by atoms with van der Waals surface area (Å²) >= 11 is 0. The summed E-state index contributed by atoms with van der Waals surface area (Å²) in [6.07, 6.45) is 6.53. The maximum absolute atomic E-state index is 12.0. The SMILES string of the molecule is O=C(CCC1CCNCC1)NCC1CCc2ccccc21. The Bertz CT molecular complexity index is 480. The normalized spacial score (nSPS) is 22.0. The first-order valence-electron chi connectivity index (χ1n) is 8.38. The Morgan fingerprint density at radius 3 is 2.86 bits per heavy atom. The first-order valence-corrected chi connectivity index (χ1v) is 8.38. The van der Waals surface area contributed by atoms with Crippen LogP contribution in [0.3, 0.4) is 0 Å². The van der Waals surface area contributed by atoms with Crippen molar-refractivity contribution in [3.05, 3.63) is 35.4 Å². The summed E-state index contributed by atoms with van der Waals surface area (Å²) in [6.45, 7) is 3.04. The van der Waals surface area contributed by atoms with E-state index in [0.29, 0.717) is 12.3 Å². The van der Waals surface area contributed by atoms with Crippen LogP contribution in [-0.4, -0.2) is 25.5 Å². The number of nitrogens with one attached hydrogen (secondary N) is 2. The number of hydrogen-bond acceptors (Lipinski definition) is 2. The highest BCUT2D eigenvalue weighted by Gasteiger charge is 2.22. The number of aryl methyl sites for hydroxylation is 1. The molecule has 1 fully saturated rings. The molecule has 3 rings (SSSR count). The fraction of sp³-hybridized carbons (Fsp3) is 0.611. The first kappa shape index (κ1) is 14.6. The summed E-state index contributed by atoms with van der Waals surface area (Å²) in [7, 11) is 0. The van der Waals surface area contributed by atoms with Gasteiger partial charge in [-0.2, -0.15) is 0 Å². The number of carbonyl (C=O) groups excluding carboxylic acids is 1. The van der Waals surface area contributed by atoms with E-state index in [1.807, 2.05) is 0 Å². The van der Waals surface area contributed by atoms with E-state index in [0.717, 1.165) is 38.4 Å². The maximum Gasteiger partial charge on any atom is 0.220 e. The van der Waals surface area contributed by atoms with Gasteiger partial charge in [-0.3, -0.25) is 4.79 Å². The molecule has 0 aromatic heterocycles. The molecule has 1 atom stereocenters. The van der Waals surface area contributed by atoms with Crippen LogP contribution in [0.5, 0.6) is 0 Å². The van der Waals surface area contributed by atoms with Gasteiger partial charge in [-0.15, -0.1) is 0 Å². The van der Waals surface area contributed by atoms with Crippen molar-refractivity contribution in [2.75, 3.05) is 19.6 Å². The van der Waals surface area contributed by atoms with Gasteiger partial charge in [-0.25, -0.2) is 0 Å². The highest BCUT2D eigenvalue weighted by molar-refractivity contribution is 5.75. The summed E-state index contributed by atoms with van der Waals surface area (Å²) in [4.78, 5) is 12.0. The van der Waals surface area contributed by atoms with Gasteiger partial charge < -0.3 is 10.6 Å². The zero-order valence-electron chi connectivity index (χ0n) is 12.7. The van der Waals surface area contributed by atoms with Crippen molar-refractivity contribution in [1.29, 1.82) is 0 Å². The Morgan fingerprint density at radius 2 is 2.00 bits per heavy atom. The fourth-order valence-electron chi connectivity index (χ4n) is 3.69. The molecule has 0 bridgehead atoms. The largest absolute Gasteiger partial charge is 0.355 e. The third kappa shape index (κ3) is 3.85. The van der Waals surface area contributed by atoms with Crippen LogP contribution in [0.1, 0.15) is 49.1 Å². The molecule has 1 aromatic rings. The summed E-state index contributed by atoms with van der Waals surface area (Å²) < 4.78 is 0. The monoisotopic (exact) mass is 286 g/mol. The number of carbonyl (C=O) groups is 1. The lowest BCUT2D eigenvalue weighted by molar-refractivity contribution is -0.121. The zero-order chi connectivity index (χ0) is 14.5. The molecule has 0 spiro atoms. The molecule has 1 amide bonds. The van der Waals surface area contributed by atoms with E-state index in [1.165, 1.54) is 30.4 Å². The van der Waals surface area contributed by atoms with E-state index in [2.05, 4.69) is 34.9 Å². The molecule has 0 radical (unpaired) electrons. The lowest BCUT2D eigenvalue weighted by Crippen LogP contribution is -2.30. The minimum absolute atomic E-state index is 0.234. The van der Waals surface area contributed by atoms with Crippen LogP contribution in [0.25, 0.3) is 0 Å². The van der Waals surface area contributed by atoms with Crippen molar-refractivity contribution >= 4 is 5.91 Å². The highest BCUT2D eigenvalue weighted by Crippen LogP contribution is 2.32. The van der Waals surface area contributed by atoms with E-state index in [1.54, 1.807) is 0 Å². The van der Waals surface area contributed by atoms with Crippen LogP contribution in [0.4, 0.5) is 0 Å². The number of benzene rings is 1. The van der Waals surface area contributed by atoms with E-state index in [9.17, 15) is 4.79 Å². The quantitative estimate of drug-likeness (QED) is 0.873. The molecule has 3 heteroatoms. The standard InChI is InChI=1S/C18H26N2O/c21-18(8-5-14-9-11-19-12-10-14)20-13-16-7-6-15-3-1-2-4-17(15)16/h1-4,14,16,19H,5-13H2,(H,20,21). The molecule has 21 heavy (non-hydrogen) atoms. The molecule has 1 unspecified atom stereocenters. The molecule has 1 aromatic carbocycles. The topological polar surface area (TPSA) is 41.1 Å².